The van der Waals surface area contributed by atoms with E-state index in [0.717, 1.165) is 16.5 Å². The molecule has 19 heavy (non-hydrogen) atoms. The first kappa shape index (κ1) is 13.7. The predicted octanol–water partition coefficient (Wildman–Crippen LogP) is 2.56. The molecule has 0 saturated heterocycles. The molecule has 1 heterocycles. The second-order valence-electron chi connectivity index (χ2n) is 4.36. The maximum atomic E-state index is 5.30. The number of hydrogen-bond acceptors (Lipinski definition) is 3. The van der Waals surface area contributed by atoms with Gasteiger partial charge < -0.3 is 15.4 Å². The Morgan fingerprint density at radius 3 is 3.05 bits per heavy atom. The monoisotopic (exact) mass is 275 g/mol. The summed E-state index contributed by atoms with van der Waals surface area (Å²) >= 11 is 5.30. The molecule has 2 rings (SSSR count). The van der Waals surface area contributed by atoms with E-state index in [-0.39, 0.29) is 6.04 Å². The largest absolute Gasteiger partial charge is 0.383 e. The summed E-state index contributed by atoms with van der Waals surface area (Å²) in [7, 11) is 1.67. The van der Waals surface area contributed by atoms with E-state index >= 15 is 0 Å². The van der Waals surface area contributed by atoms with Crippen LogP contribution in [0.2, 0.25) is 0 Å². The average molecular weight is 275 g/mol. The lowest BCUT2D eigenvalue weighted by molar-refractivity contribution is 0.179. The molecule has 0 saturated carbocycles. The number of hydrogen-bond donors (Lipinski definition) is 2. The fourth-order valence-corrected chi connectivity index (χ4v) is 2.22. The number of fused-ring (bicyclic) bond motifs is 1. The maximum absolute atomic E-state index is 5.30. The number of methoxy groups -OCH3 is 1. The van der Waals surface area contributed by atoms with Crippen LogP contribution in [0.15, 0.2) is 36.7 Å². The maximum Gasteiger partial charge on any atom is 0.171 e. The Labute approximate surface area is 118 Å². The number of aromatic nitrogens is 1. The van der Waals surface area contributed by atoms with Gasteiger partial charge in [0.05, 0.1) is 6.61 Å². The minimum absolute atomic E-state index is 0.168. The predicted molar refractivity (Wildman–Crippen MR) is 82.4 cm³/mol. The minimum atomic E-state index is 0.168. The van der Waals surface area contributed by atoms with Gasteiger partial charge in [-0.1, -0.05) is 12.1 Å². The summed E-state index contributed by atoms with van der Waals surface area (Å²) in [5, 5.41) is 9.16. The van der Waals surface area contributed by atoms with E-state index in [1.807, 2.05) is 37.4 Å². The van der Waals surface area contributed by atoms with Gasteiger partial charge in [-0.3, -0.25) is 4.98 Å². The van der Waals surface area contributed by atoms with E-state index in [0.29, 0.717) is 11.7 Å². The number of rotatable bonds is 4. The van der Waals surface area contributed by atoms with Crippen molar-refractivity contribution >= 4 is 33.8 Å². The van der Waals surface area contributed by atoms with Crippen molar-refractivity contribution in [1.29, 1.82) is 0 Å². The van der Waals surface area contributed by atoms with Crippen LogP contribution in [0.25, 0.3) is 10.8 Å². The van der Waals surface area contributed by atoms with Crippen molar-refractivity contribution in [2.75, 3.05) is 19.0 Å². The number of ether oxygens (including phenoxy) is 1. The first-order valence-electron chi connectivity index (χ1n) is 6.10. The second kappa shape index (κ2) is 6.45. The molecule has 0 aliphatic carbocycles. The molecule has 0 aliphatic heterocycles. The Bertz CT molecular complexity index is 568. The molecule has 0 fully saturated rings. The van der Waals surface area contributed by atoms with Crippen LogP contribution in [-0.2, 0) is 4.74 Å². The normalized spacial score (nSPS) is 12.1. The third-order valence-corrected chi connectivity index (χ3v) is 2.94. The van der Waals surface area contributed by atoms with E-state index < -0.39 is 0 Å². The summed E-state index contributed by atoms with van der Waals surface area (Å²) in [6.07, 6.45) is 3.61. The molecule has 1 aromatic carbocycles. The minimum Gasteiger partial charge on any atom is -0.383 e. The van der Waals surface area contributed by atoms with Gasteiger partial charge in [-0.25, -0.2) is 0 Å². The Hall–Kier alpha value is -1.72. The van der Waals surface area contributed by atoms with E-state index in [1.54, 1.807) is 13.3 Å². The molecule has 5 heteroatoms. The Balaban J connectivity index is 2.11. The molecule has 1 atom stereocenters. The van der Waals surface area contributed by atoms with Crippen molar-refractivity contribution in [2.24, 2.45) is 0 Å². The zero-order valence-corrected chi connectivity index (χ0v) is 11.8. The van der Waals surface area contributed by atoms with Gasteiger partial charge in [0.2, 0.25) is 0 Å². The fourth-order valence-electron chi connectivity index (χ4n) is 1.91. The fraction of sp³-hybridized carbons (Fsp3) is 0.286. The van der Waals surface area contributed by atoms with Gasteiger partial charge in [0, 0.05) is 42.0 Å². The van der Waals surface area contributed by atoms with Crippen molar-refractivity contribution in [3.05, 3.63) is 36.7 Å². The number of benzene rings is 1. The van der Waals surface area contributed by atoms with Crippen molar-refractivity contribution < 1.29 is 4.74 Å². The van der Waals surface area contributed by atoms with Crippen LogP contribution >= 0.6 is 12.2 Å². The number of nitrogens with zero attached hydrogens (tertiary/aromatic N) is 1. The SMILES string of the molecule is COCC(C)NC(=S)Nc1cccc2cnccc12. The van der Waals surface area contributed by atoms with Crippen molar-refractivity contribution in [2.45, 2.75) is 13.0 Å². The molecule has 2 N–H and O–H groups in total. The zero-order valence-electron chi connectivity index (χ0n) is 11.0. The lowest BCUT2D eigenvalue weighted by atomic mass is 10.1. The molecular weight excluding hydrogens is 258 g/mol. The molecule has 1 aromatic heterocycles. The second-order valence-corrected chi connectivity index (χ2v) is 4.77. The zero-order chi connectivity index (χ0) is 13.7. The third kappa shape index (κ3) is 3.62. The highest BCUT2D eigenvalue weighted by atomic mass is 32.1. The van der Waals surface area contributed by atoms with Gasteiger partial charge in [0.1, 0.15) is 0 Å². The van der Waals surface area contributed by atoms with Gasteiger partial charge >= 0.3 is 0 Å². The summed E-state index contributed by atoms with van der Waals surface area (Å²) in [5.74, 6) is 0. The first-order chi connectivity index (χ1) is 9.20. The van der Waals surface area contributed by atoms with Crippen LogP contribution in [0.3, 0.4) is 0 Å². The van der Waals surface area contributed by atoms with Crippen molar-refractivity contribution in [3.63, 3.8) is 0 Å². The Kier molecular flexibility index (Phi) is 4.65. The van der Waals surface area contributed by atoms with E-state index in [4.69, 9.17) is 17.0 Å². The van der Waals surface area contributed by atoms with Gasteiger partial charge in [0.15, 0.2) is 5.11 Å². The quantitative estimate of drug-likeness (QED) is 0.840. The standard InChI is InChI=1S/C14H17N3OS/c1-10(9-18-2)16-14(19)17-13-5-3-4-11-8-15-7-6-12(11)13/h3-8,10H,9H2,1-2H3,(H2,16,17,19). The third-order valence-electron chi connectivity index (χ3n) is 2.72. The van der Waals surface area contributed by atoms with Gasteiger partial charge in [-0.05, 0) is 31.3 Å². The Morgan fingerprint density at radius 2 is 2.26 bits per heavy atom. The summed E-state index contributed by atoms with van der Waals surface area (Å²) in [5.41, 5.74) is 0.974. The molecule has 0 spiro atoms. The lowest BCUT2D eigenvalue weighted by Crippen LogP contribution is -2.38. The summed E-state index contributed by atoms with van der Waals surface area (Å²) < 4.78 is 5.07. The highest BCUT2D eigenvalue weighted by Crippen LogP contribution is 2.21. The average Bonchev–Trinajstić information content (AvgIpc) is 2.39. The van der Waals surface area contributed by atoms with E-state index in [9.17, 15) is 0 Å². The summed E-state index contributed by atoms with van der Waals surface area (Å²) in [6.45, 7) is 2.63. The lowest BCUT2D eigenvalue weighted by Gasteiger charge is -2.17. The van der Waals surface area contributed by atoms with Crippen LogP contribution in [0.5, 0.6) is 0 Å². The van der Waals surface area contributed by atoms with Crippen LogP contribution < -0.4 is 10.6 Å². The molecule has 2 aromatic rings. The molecule has 0 aliphatic rings. The van der Waals surface area contributed by atoms with Gasteiger partial charge in [-0.15, -0.1) is 0 Å². The summed E-state index contributed by atoms with van der Waals surface area (Å²) in [6, 6.07) is 8.14. The van der Waals surface area contributed by atoms with E-state index in [2.05, 4.69) is 15.6 Å². The molecule has 100 valence electrons. The number of anilines is 1. The van der Waals surface area contributed by atoms with Crippen LogP contribution in [0.4, 0.5) is 5.69 Å². The highest BCUT2D eigenvalue weighted by Gasteiger charge is 2.05. The van der Waals surface area contributed by atoms with Gasteiger partial charge in [0.25, 0.3) is 0 Å². The highest BCUT2D eigenvalue weighted by molar-refractivity contribution is 7.80. The topological polar surface area (TPSA) is 46.2 Å². The van der Waals surface area contributed by atoms with Crippen LogP contribution in [0, 0.1) is 0 Å². The van der Waals surface area contributed by atoms with Crippen LogP contribution in [-0.4, -0.2) is 29.9 Å². The number of pyridine rings is 1. The number of thiocarbonyl (C=S) groups is 1. The molecular formula is C14H17N3OS. The summed E-state index contributed by atoms with van der Waals surface area (Å²) in [4.78, 5) is 4.11. The van der Waals surface area contributed by atoms with Crippen molar-refractivity contribution in [3.8, 4) is 0 Å². The molecule has 0 amide bonds. The Morgan fingerprint density at radius 1 is 1.42 bits per heavy atom. The molecule has 0 bridgehead atoms. The molecule has 1 unspecified atom stereocenters. The van der Waals surface area contributed by atoms with Crippen LogP contribution in [0.1, 0.15) is 6.92 Å². The van der Waals surface area contributed by atoms with E-state index in [1.165, 1.54) is 0 Å². The van der Waals surface area contributed by atoms with Gasteiger partial charge in [-0.2, -0.15) is 0 Å². The van der Waals surface area contributed by atoms with Crippen molar-refractivity contribution in [1.82, 2.24) is 10.3 Å². The smallest absolute Gasteiger partial charge is 0.171 e. The first-order valence-corrected chi connectivity index (χ1v) is 6.50. The number of nitrogens with one attached hydrogen (secondary N) is 2. The molecule has 4 nitrogen and oxygen atoms in total. The molecule has 0 radical (unpaired) electrons.